The number of benzene rings is 2. The molecule has 2 aromatic carbocycles. The molecule has 1 aliphatic heterocycles. The van der Waals surface area contributed by atoms with Crippen molar-refractivity contribution in [2.75, 3.05) is 31.1 Å². The van der Waals surface area contributed by atoms with Crippen LogP contribution in [0.1, 0.15) is 5.69 Å². The van der Waals surface area contributed by atoms with E-state index in [-0.39, 0.29) is 10.7 Å². The van der Waals surface area contributed by atoms with Gasteiger partial charge < -0.3 is 4.90 Å². The Kier molecular flexibility index (Phi) is 4.57. The number of hydrogen-bond acceptors (Lipinski definition) is 4. The number of para-hydroxylation sites is 1. The Morgan fingerprint density at radius 2 is 1.63 bits per heavy atom. The van der Waals surface area contributed by atoms with Crippen molar-refractivity contribution in [2.45, 2.75) is 11.8 Å². The highest BCUT2D eigenvalue weighted by Gasteiger charge is 2.30. The maximum atomic E-state index is 13.2. The summed E-state index contributed by atoms with van der Waals surface area (Å²) in [6.45, 7) is 3.72. The van der Waals surface area contributed by atoms with Crippen LogP contribution in [-0.4, -0.2) is 43.9 Å². The number of pyridine rings is 1. The summed E-state index contributed by atoms with van der Waals surface area (Å²) in [6, 6.07) is 15.3. The fourth-order valence-corrected chi connectivity index (χ4v) is 4.98. The molecule has 7 heteroatoms. The van der Waals surface area contributed by atoms with Crippen molar-refractivity contribution in [3.05, 3.63) is 66.1 Å². The van der Waals surface area contributed by atoms with E-state index in [0.717, 1.165) is 16.8 Å². The van der Waals surface area contributed by atoms with E-state index in [9.17, 15) is 12.8 Å². The second-order valence-electron chi connectivity index (χ2n) is 6.65. The summed E-state index contributed by atoms with van der Waals surface area (Å²) < 4.78 is 41.0. The van der Waals surface area contributed by atoms with Crippen molar-refractivity contribution in [1.82, 2.24) is 9.29 Å². The molecule has 0 N–H and O–H groups in total. The Morgan fingerprint density at radius 1 is 0.926 bits per heavy atom. The van der Waals surface area contributed by atoms with Crippen molar-refractivity contribution >= 4 is 26.6 Å². The first kappa shape index (κ1) is 17.9. The molecule has 0 bridgehead atoms. The maximum Gasteiger partial charge on any atom is 0.245 e. The minimum absolute atomic E-state index is 0.249. The monoisotopic (exact) mass is 385 g/mol. The van der Waals surface area contributed by atoms with Gasteiger partial charge in [0.05, 0.1) is 5.52 Å². The van der Waals surface area contributed by atoms with Crippen LogP contribution in [0.2, 0.25) is 0 Å². The molecule has 4 rings (SSSR count). The predicted molar refractivity (Wildman–Crippen MR) is 104 cm³/mol. The minimum atomic E-state index is -3.63. The van der Waals surface area contributed by atoms with Gasteiger partial charge in [-0.15, -0.1) is 0 Å². The summed E-state index contributed by atoms with van der Waals surface area (Å²) in [6.07, 6.45) is 0. The first-order valence-corrected chi connectivity index (χ1v) is 10.3. The van der Waals surface area contributed by atoms with Crippen LogP contribution in [0.4, 0.5) is 10.1 Å². The lowest BCUT2D eigenvalue weighted by molar-refractivity contribution is 0.385. The van der Waals surface area contributed by atoms with E-state index in [1.807, 2.05) is 25.1 Å². The predicted octanol–water partition coefficient (Wildman–Crippen LogP) is 3.19. The number of aromatic nitrogens is 1. The topological polar surface area (TPSA) is 53.5 Å². The number of nitrogens with zero attached hydrogens (tertiary/aromatic N) is 3. The first-order chi connectivity index (χ1) is 12.9. The fraction of sp³-hybridized carbons (Fsp3) is 0.250. The van der Waals surface area contributed by atoms with E-state index in [1.54, 1.807) is 24.3 Å². The lowest BCUT2D eigenvalue weighted by Crippen LogP contribution is -2.48. The van der Waals surface area contributed by atoms with Crippen LogP contribution in [0.25, 0.3) is 10.9 Å². The number of fused-ring (bicyclic) bond motifs is 1. The van der Waals surface area contributed by atoms with E-state index in [0.29, 0.717) is 31.7 Å². The van der Waals surface area contributed by atoms with Gasteiger partial charge >= 0.3 is 0 Å². The zero-order chi connectivity index (χ0) is 19.0. The van der Waals surface area contributed by atoms with Crippen LogP contribution >= 0.6 is 0 Å². The highest BCUT2D eigenvalue weighted by Crippen LogP contribution is 2.26. The standard InChI is InChI=1S/C20H20FN3O2S/c1-15-5-6-16-3-2-4-19(20(16)22-15)27(25,26)24-13-11-23(12-14-24)18-9-7-17(21)8-10-18/h2-10H,11-14H2,1H3. The van der Waals surface area contributed by atoms with Gasteiger partial charge in [-0.2, -0.15) is 4.31 Å². The van der Waals surface area contributed by atoms with Crippen molar-refractivity contribution in [3.63, 3.8) is 0 Å². The summed E-state index contributed by atoms with van der Waals surface area (Å²) in [5.41, 5.74) is 2.20. The van der Waals surface area contributed by atoms with Crippen LogP contribution in [0.3, 0.4) is 0 Å². The highest BCUT2D eigenvalue weighted by atomic mass is 32.2. The molecular weight excluding hydrogens is 365 g/mol. The molecule has 0 radical (unpaired) electrons. The van der Waals surface area contributed by atoms with Gasteiger partial charge in [0.15, 0.2) is 0 Å². The third-order valence-electron chi connectivity index (χ3n) is 4.87. The molecule has 27 heavy (non-hydrogen) atoms. The van der Waals surface area contributed by atoms with Gasteiger partial charge in [0.2, 0.25) is 10.0 Å². The molecule has 5 nitrogen and oxygen atoms in total. The van der Waals surface area contributed by atoms with Crippen LogP contribution in [0.5, 0.6) is 0 Å². The maximum absolute atomic E-state index is 13.2. The quantitative estimate of drug-likeness (QED) is 0.695. The van der Waals surface area contributed by atoms with E-state index in [2.05, 4.69) is 9.88 Å². The third kappa shape index (κ3) is 3.40. The molecule has 0 unspecified atom stereocenters. The van der Waals surface area contributed by atoms with Gasteiger partial charge in [0.1, 0.15) is 10.7 Å². The molecule has 140 valence electrons. The lowest BCUT2D eigenvalue weighted by Gasteiger charge is -2.35. The van der Waals surface area contributed by atoms with Crippen LogP contribution < -0.4 is 4.90 Å². The van der Waals surface area contributed by atoms with Gasteiger partial charge in [0.25, 0.3) is 0 Å². The summed E-state index contributed by atoms with van der Waals surface area (Å²) in [5.74, 6) is -0.279. The Hall–Kier alpha value is -2.51. The molecule has 1 fully saturated rings. The molecule has 0 aliphatic carbocycles. The van der Waals surface area contributed by atoms with E-state index < -0.39 is 10.0 Å². The number of hydrogen-bond donors (Lipinski definition) is 0. The van der Waals surface area contributed by atoms with E-state index in [4.69, 9.17) is 0 Å². The molecule has 0 saturated carbocycles. The van der Waals surface area contributed by atoms with Crippen LogP contribution in [0, 0.1) is 12.7 Å². The number of anilines is 1. The SMILES string of the molecule is Cc1ccc2cccc(S(=O)(=O)N3CCN(c4ccc(F)cc4)CC3)c2n1. The second kappa shape index (κ2) is 6.90. The number of sulfonamides is 1. The highest BCUT2D eigenvalue weighted by molar-refractivity contribution is 7.89. The molecule has 1 saturated heterocycles. The molecule has 0 atom stereocenters. The smallest absolute Gasteiger partial charge is 0.245 e. The van der Waals surface area contributed by atoms with Crippen molar-refractivity contribution < 1.29 is 12.8 Å². The normalized spacial score (nSPS) is 16.0. The summed E-state index contributed by atoms with van der Waals surface area (Å²) in [5, 5.41) is 0.812. The molecule has 0 spiro atoms. The first-order valence-electron chi connectivity index (χ1n) is 8.82. The Balaban J connectivity index is 1.59. The van der Waals surface area contributed by atoms with E-state index >= 15 is 0 Å². The Morgan fingerprint density at radius 3 is 2.33 bits per heavy atom. The van der Waals surface area contributed by atoms with Crippen LogP contribution in [-0.2, 0) is 10.0 Å². The van der Waals surface area contributed by atoms with Gasteiger partial charge in [-0.1, -0.05) is 18.2 Å². The Labute approximate surface area is 158 Å². The summed E-state index contributed by atoms with van der Waals surface area (Å²) in [7, 11) is -3.63. The summed E-state index contributed by atoms with van der Waals surface area (Å²) >= 11 is 0. The lowest BCUT2D eigenvalue weighted by atomic mass is 10.2. The molecule has 2 heterocycles. The number of halogens is 1. The number of piperazine rings is 1. The van der Waals surface area contributed by atoms with Gasteiger partial charge in [-0.25, -0.2) is 12.8 Å². The molecule has 1 aromatic heterocycles. The minimum Gasteiger partial charge on any atom is -0.369 e. The molecule has 1 aliphatic rings. The van der Waals surface area contributed by atoms with Crippen molar-refractivity contribution in [1.29, 1.82) is 0 Å². The van der Waals surface area contributed by atoms with Gasteiger partial charge in [0, 0.05) is 42.9 Å². The third-order valence-corrected chi connectivity index (χ3v) is 6.80. The van der Waals surface area contributed by atoms with Crippen molar-refractivity contribution in [3.8, 4) is 0 Å². The zero-order valence-electron chi connectivity index (χ0n) is 15.0. The molecular formula is C20H20FN3O2S. The summed E-state index contributed by atoms with van der Waals surface area (Å²) in [4.78, 5) is 6.77. The van der Waals surface area contributed by atoms with Gasteiger partial charge in [-0.3, -0.25) is 4.98 Å². The largest absolute Gasteiger partial charge is 0.369 e. The second-order valence-corrected chi connectivity index (χ2v) is 8.55. The van der Waals surface area contributed by atoms with Crippen LogP contribution in [0.15, 0.2) is 59.5 Å². The molecule has 3 aromatic rings. The average molecular weight is 385 g/mol. The van der Waals surface area contributed by atoms with E-state index in [1.165, 1.54) is 16.4 Å². The molecule has 0 amide bonds. The fourth-order valence-electron chi connectivity index (χ4n) is 3.40. The zero-order valence-corrected chi connectivity index (χ0v) is 15.8. The number of aryl methyl sites for hydroxylation is 1. The average Bonchev–Trinajstić information content (AvgIpc) is 2.68. The Bertz CT molecular complexity index is 1080. The number of rotatable bonds is 3. The van der Waals surface area contributed by atoms with Crippen molar-refractivity contribution in [2.24, 2.45) is 0 Å². The van der Waals surface area contributed by atoms with Gasteiger partial charge in [-0.05, 0) is 43.3 Å².